The van der Waals surface area contributed by atoms with Gasteiger partial charge < -0.3 is 5.73 Å². The molecule has 2 aliphatic rings. The minimum Gasteiger partial charge on any atom is -0.382 e. The van der Waals surface area contributed by atoms with Gasteiger partial charge in [-0.3, -0.25) is 5.10 Å². The zero-order chi connectivity index (χ0) is 8.89. The Morgan fingerprint density at radius 1 is 1.46 bits per heavy atom. The van der Waals surface area contributed by atoms with Gasteiger partial charge in [-0.1, -0.05) is 0 Å². The molecule has 0 spiro atoms. The Morgan fingerprint density at radius 3 is 2.69 bits per heavy atom. The minimum atomic E-state index is 0.426. The van der Waals surface area contributed by atoms with Crippen LogP contribution in [0.15, 0.2) is 6.07 Å². The molecule has 70 valence electrons. The molecule has 0 atom stereocenters. The lowest BCUT2D eigenvalue weighted by molar-refractivity contribution is 0.408. The van der Waals surface area contributed by atoms with Crippen molar-refractivity contribution in [3.8, 4) is 0 Å². The van der Waals surface area contributed by atoms with Crippen LogP contribution in [0.4, 0.5) is 5.82 Å². The van der Waals surface area contributed by atoms with E-state index in [4.69, 9.17) is 5.73 Å². The molecule has 2 saturated carbocycles. The van der Waals surface area contributed by atoms with E-state index in [2.05, 4.69) is 10.2 Å². The lowest BCUT2D eigenvalue weighted by Crippen LogP contribution is -2.19. The standard InChI is InChI=1S/C10H15N3/c11-9-5-8(12-13-9)10-3-1-7(6-10)2-4-10/h5,7H,1-4,6H2,(H3,11,12,13). The number of nitrogens with two attached hydrogens (primary N) is 1. The summed E-state index contributed by atoms with van der Waals surface area (Å²) in [5.41, 5.74) is 7.34. The molecule has 0 saturated heterocycles. The highest BCUT2D eigenvalue weighted by molar-refractivity contribution is 5.34. The molecule has 13 heavy (non-hydrogen) atoms. The second-order valence-electron chi connectivity index (χ2n) is 4.63. The maximum atomic E-state index is 5.63. The number of hydrogen-bond donors (Lipinski definition) is 2. The van der Waals surface area contributed by atoms with Gasteiger partial charge in [-0.25, -0.2) is 0 Å². The van der Waals surface area contributed by atoms with E-state index in [1.807, 2.05) is 6.07 Å². The Hall–Kier alpha value is -0.990. The van der Waals surface area contributed by atoms with E-state index in [1.54, 1.807) is 0 Å². The fourth-order valence-electron chi connectivity index (χ4n) is 3.18. The summed E-state index contributed by atoms with van der Waals surface area (Å²) in [6.07, 6.45) is 6.82. The van der Waals surface area contributed by atoms with Crippen molar-refractivity contribution in [1.29, 1.82) is 0 Å². The average molecular weight is 177 g/mol. The Kier molecular flexibility index (Phi) is 1.30. The molecule has 3 nitrogen and oxygen atoms in total. The first-order chi connectivity index (χ1) is 6.28. The highest BCUT2D eigenvalue weighted by Gasteiger charge is 2.46. The van der Waals surface area contributed by atoms with Crippen molar-refractivity contribution in [1.82, 2.24) is 10.2 Å². The van der Waals surface area contributed by atoms with Crippen LogP contribution >= 0.6 is 0 Å². The molecule has 3 N–H and O–H groups in total. The number of rotatable bonds is 1. The quantitative estimate of drug-likeness (QED) is 0.687. The van der Waals surface area contributed by atoms with Crippen LogP contribution in [0.5, 0.6) is 0 Å². The number of anilines is 1. The molecule has 0 amide bonds. The topological polar surface area (TPSA) is 54.7 Å². The lowest BCUT2D eigenvalue weighted by Gasteiger charge is -2.24. The third kappa shape index (κ3) is 0.929. The summed E-state index contributed by atoms with van der Waals surface area (Å²) in [6, 6.07) is 2.02. The van der Waals surface area contributed by atoms with E-state index >= 15 is 0 Å². The zero-order valence-corrected chi connectivity index (χ0v) is 7.71. The molecule has 0 unspecified atom stereocenters. The third-order valence-corrected chi connectivity index (χ3v) is 3.91. The molecule has 2 fully saturated rings. The molecule has 2 aliphatic carbocycles. The number of nitrogens with zero attached hydrogens (tertiary/aromatic N) is 1. The van der Waals surface area contributed by atoms with Gasteiger partial charge in [-0.15, -0.1) is 0 Å². The van der Waals surface area contributed by atoms with Gasteiger partial charge in [-0.2, -0.15) is 5.10 Å². The van der Waals surface area contributed by atoms with Crippen LogP contribution in [0.1, 0.15) is 37.8 Å². The minimum absolute atomic E-state index is 0.426. The SMILES string of the molecule is Nc1cc(C23CCC(CC2)C3)[nH]n1. The molecular formula is C10H15N3. The molecular weight excluding hydrogens is 162 g/mol. The normalized spacial score (nSPS) is 37.1. The highest BCUT2D eigenvalue weighted by atomic mass is 15.2. The molecule has 3 heteroatoms. The number of fused-ring (bicyclic) bond motifs is 2. The number of aromatic nitrogens is 2. The molecule has 1 aromatic rings. The van der Waals surface area contributed by atoms with Crippen molar-refractivity contribution in [2.75, 3.05) is 5.73 Å². The average Bonchev–Trinajstić information content (AvgIpc) is 2.77. The molecule has 3 rings (SSSR count). The zero-order valence-electron chi connectivity index (χ0n) is 7.71. The van der Waals surface area contributed by atoms with Crippen LogP contribution in [-0.4, -0.2) is 10.2 Å². The van der Waals surface area contributed by atoms with Gasteiger partial charge in [0.1, 0.15) is 5.82 Å². The summed E-state index contributed by atoms with van der Waals surface area (Å²) in [7, 11) is 0. The number of H-pyrrole nitrogens is 1. The van der Waals surface area contributed by atoms with Gasteiger partial charge in [-0.05, 0) is 38.0 Å². The highest BCUT2D eigenvalue weighted by Crippen LogP contribution is 2.54. The molecule has 1 heterocycles. The molecule has 1 aromatic heterocycles. The maximum Gasteiger partial charge on any atom is 0.145 e. The summed E-state index contributed by atoms with van der Waals surface area (Å²) in [5.74, 6) is 1.62. The first kappa shape index (κ1) is 7.42. The van der Waals surface area contributed by atoms with Crippen molar-refractivity contribution < 1.29 is 0 Å². The predicted octanol–water partition coefficient (Wildman–Crippen LogP) is 1.82. The van der Waals surface area contributed by atoms with Crippen molar-refractivity contribution in [2.24, 2.45) is 5.92 Å². The van der Waals surface area contributed by atoms with E-state index in [9.17, 15) is 0 Å². The summed E-state index contributed by atoms with van der Waals surface area (Å²) < 4.78 is 0. The number of nitrogens with one attached hydrogen (secondary N) is 1. The molecule has 0 radical (unpaired) electrons. The second kappa shape index (κ2) is 2.28. The Balaban J connectivity index is 2.00. The van der Waals surface area contributed by atoms with E-state index in [0.717, 1.165) is 5.92 Å². The van der Waals surface area contributed by atoms with E-state index in [0.29, 0.717) is 11.2 Å². The van der Waals surface area contributed by atoms with Crippen LogP contribution in [0.3, 0.4) is 0 Å². The van der Waals surface area contributed by atoms with Gasteiger partial charge in [0.25, 0.3) is 0 Å². The van der Waals surface area contributed by atoms with Crippen LogP contribution in [-0.2, 0) is 5.41 Å². The Labute approximate surface area is 77.7 Å². The van der Waals surface area contributed by atoms with Crippen molar-refractivity contribution in [3.05, 3.63) is 11.8 Å². The number of nitrogen functional groups attached to an aromatic ring is 1. The molecule has 2 bridgehead atoms. The Morgan fingerprint density at radius 2 is 2.23 bits per heavy atom. The first-order valence-corrected chi connectivity index (χ1v) is 5.10. The molecule has 0 aliphatic heterocycles. The van der Waals surface area contributed by atoms with Gasteiger partial charge in [0, 0.05) is 17.2 Å². The summed E-state index contributed by atoms with van der Waals surface area (Å²) in [4.78, 5) is 0. The third-order valence-electron chi connectivity index (χ3n) is 3.91. The largest absolute Gasteiger partial charge is 0.382 e. The van der Waals surface area contributed by atoms with Crippen LogP contribution in [0.25, 0.3) is 0 Å². The summed E-state index contributed by atoms with van der Waals surface area (Å²) >= 11 is 0. The molecule has 0 aromatic carbocycles. The van der Waals surface area contributed by atoms with Gasteiger partial charge in [0.2, 0.25) is 0 Å². The number of hydrogen-bond acceptors (Lipinski definition) is 2. The van der Waals surface area contributed by atoms with Gasteiger partial charge >= 0.3 is 0 Å². The van der Waals surface area contributed by atoms with Gasteiger partial charge in [0.15, 0.2) is 0 Å². The fraction of sp³-hybridized carbons (Fsp3) is 0.700. The van der Waals surface area contributed by atoms with Crippen molar-refractivity contribution in [2.45, 2.75) is 37.5 Å². The van der Waals surface area contributed by atoms with Gasteiger partial charge in [0.05, 0.1) is 0 Å². The summed E-state index contributed by atoms with van der Waals surface area (Å²) in [6.45, 7) is 0. The van der Waals surface area contributed by atoms with E-state index < -0.39 is 0 Å². The van der Waals surface area contributed by atoms with E-state index in [1.165, 1.54) is 37.8 Å². The second-order valence-corrected chi connectivity index (χ2v) is 4.63. The Bertz CT molecular complexity index is 321. The van der Waals surface area contributed by atoms with Crippen molar-refractivity contribution >= 4 is 5.82 Å². The van der Waals surface area contributed by atoms with Crippen molar-refractivity contribution in [3.63, 3.8) is 0 Å². The monoisotopic (exact) mass is 177 g/mol. The van der Waals surface area contributed by atoms with Crippen LogP contribution < -0.4 is 5.73 Å². The lowest BCUT2D eigenvalue weighted by atomic mass is 9.81. The van der Waals surface area contributed by atoms with Crippen LogP contribution in [0.2, 0.25) is 0 Å². The fourth-order valence-corrected chi connectivity index (χ4v) is 3.18. The predicted molar refractivity (Wildman–Crippen MR) is 51.3 cm³/mol. The van der Waals surface area contributed by atoms with E-state index in [-0.39, 0.29) is 0 Å². The maximum absolute atomic E-state index is 5.63. The van der Waals surface area contributed by atoms with Crippen LogP contribution in [0, 0.1) is 5.92 Å². The summed E-state index contributed by atoms with van der Waals surface area (Å²) in [5, 5.41) is 7.12. The smallest absolute Gasteiger partial charge is 0.145 e. The number of aromatic amines is 1. The first-order valence-electron chi connectivity index (χ1n) is 5.10.